The standard InChI is InChI=1S/C19H25N3O3/c1-12(2)14-5-4-8-21-18(14)19(23)22-13-6-7-15(16(9-13)24-3)17-10-20-11-25-17/h6-7,9-12,14,18,21H,4-5,8H2,1-3H3,(H,22,23)/t14-,18-/m1/s1. The van der Waals surface area contributed by atoms with Crippen molar-refractivity contribution in [2.75, 3.05) is 19.0 Å². The largest absolute Gasteiger partial charge is 0.496 e. The lowest BCUT2D eigenvalue weighted by Crippen LogP contribution is -2.50. The van der Waals surface area contributed by atoms with E-state index >= 15 is 0 Å². The molecule has 2 aromatic rings. The van der Waals surface area contributed by atoms with E-state index in [0.717, 1.165) is 24.9 Å². The van der Waals surface area contributed by atoms with Crippen LogP contribution in [0.15, 0.2) is 35.2 Å². The van der Waals surface area contributed by atoms with Gasteiger partial charge in [-0.2, -0.15) is 0 Å². The smallest absolute Gasteiger partial charge is 0.241 e. The van der Waals surface area contributed by atoms with Gasteiger partial charge in [0.1, 0.15) is 5.75 Å². The molecule has 25 heavy (non-hydrogen) atoms. The Morgan fingerprint density at radius 1 is 1.44 bits per heavy atom. The summed E-state index contributed by atoms with van der Waals surface area (Å²) < 4.78 is 10.8. The summed E-state index contributed by atoms with van der Waals surface area (Å²) in [7, 11) is 1.60. The molecule has 1 fully saturated rings. The number of nitrogens with zero attached hydrogens (tertiary/aromatic N) is 1. The molecule has 1 aromatic carbocycles. The molecule has 0 saturated carbocycles. The highest BCUT2D eigenvalue weighted by atomic mass is 16.5. The Balaban J connectivity index is 1.77. The normalized spacial score (nSPS) is 20.5. The lowest BCUT2D eigenvalue weighted by Gasteiger charge is -2.34. The van der Waals surface area contributed by atoms with Gasteiger partial charge in [-0.05, 0) is 43.4 Å². The molecule has 6 nitrogen and oxygen atoms in total. The van der Waals surface area contributed by atoms with Gasteiger partial charge in [0, 0.05) is 11.8 Å². The maximum absolute atomic E-state index is 12.8. The third kappa shape index (κ3) is 3.85. The SMILES string of the molecule is COc1cc(NC(=O)[C@@H]2NCCC[C@@H]2C(C)C)ccc1-c1cnco1. The average Bonchev–Trinajstić information content (AvgIpc) is 3.16. The highest BCUT2D eigenvalue weighted by Gasteiger charge is 2.32. The Morgan fingerprint density at radius 3 is 2.96 bits per heavy atom. The van der Waals surface area contributed by atoms with Gasteiger partial charge in [0.2, 0.25) is 5.91 Å². The second kappa shape index (κ2) is 7.70. The van der Waals surface area contributed by atoms with Crippen LogP contribution in [0.1, 0.15) is 26.7 Å². The number of hydrogen-bond acceptors (Lipinski definition) is 5. The van der Waals surface area contributed by atoms with Crippen molar-refractivity contribution >= 4 is 11.6 Å². The van der Waals surface area contributed by atoms with Gasteiger partial charge in [0.25, 0.3) is 0 Å². The van der Waals surface area contributed by atoms with Gasteiger partial charge in [-0.3, -0.25) is 4.79 Å². The molecule has 2 atom stereocenters. The molecule has 2 heterocycles. The predicted octanol–water partition coefficient (Wildman–Crippen LogP) is 3.31. The highest BCUT2D eigenvalue weighted by molar-refractivity contribution is 5.95. The van der Waals surface area contributed by atoms with Crippen molar-refractivity contribution in [2.24, 2.45) is 11.8 Å². The Kier molecular flexibility index (Phi) is 5.38. The first-order valence-corrected chi connectivity index (χ1v) is 8.71. The lowest BCUT2D eigenvalue weighted by molar-refractivity contribution is -0.120. The van der Waals surface area contributed by atoms with Gasteiger partial charge in [0.15, 0.2) is 12.2 Å². The van der Waals surface area contributed by atoms with Gasteiger partial charge >= 0.3 is 0 Å². The van der Waals surface area contributed by atoms with Crippen LogP contribution in [-0.4, -0.2) is 30.6 Å². The molecule has 1 aromatic heterocycles. The van der Waals surface area contributed by atoms with Crippen molar-refractivity contribution < 1.29 is 13.9 Å². The lowest BCUT2D eigenvalue weighted by atomic mass is 9.82. The molecule has 3 rings (SSSR count). The van der Waals surface area contributed by atoms with Gasteiger partial charge in [0.05, 0.1) is 24.9 Å². The number of nitrogens with one attached hydrogen (secondary N) is 2. The van der Waals surface area contributed by atoms with Crippen LogP contribution < -0.4 is 15.4 Å². The van der Waals surface area contributed by atoms with Crippen LogP contribution >= 0.6 is 0 Å². The van der Waals surface area contributed by atoms with Crippen molar-refractivity contribution in [2.45, 2.75) is 32.7 Å². The number of carbonyl (C=O) groups is 1. The quantitative estimate of drug-likeness (QED) is 0.871. The minimum Gasteiger partial charge on any atom is -0.496 e. The van der Waals surface area contributed by atoms with Crippen molar-refractivity contribution in [1.82, 2.24) is 10.3 Å². The second-order valence-electron chi connectivity index (χ2n) is 6.75. The monoisotopic (exact) mass is 343 g/mol. The minimum atomic E-state index is -0.159. The zero-order valence-corrected chi connectivity index (χ0v) is 14.9. The fourth-order valence-corrected chi connectivity index (χ4v) is 3.46. The van der Waals surface area contributed by atoms with Gasteiger partial charge in [-0.1, -0.05) is 13.8 Å². The molecule has 2 N–H and O–H groups in total. The number of carbonyl (C=O) groups excluding carboxylic acids is 1. The molecule has 0 bridgehead atoms. The Bertz CT molecular complexity index is 713. The number of ether oxygens (including phenoxy) is 1. The van der Waals surface area contributed by atoms with E-state index in [1.54, 1.807) is 13.3 Å². The summed E-state index contributed by atoms with van der Waals surface area (Å²) in [6.07, 6.45) is 5.21. The third-order valence-electron chi connectivity index (χ3n) is 4.81. The summed E-state index contributed by atoms with van der Waals surface area (Å²) in [5.41, 5.74) is 1.51. The topological polar surface area (TPSA) is 76.4 Å². The summed E-state index contributed by atoms with van der Waals surface area (Å²) in [5.74, 6) is 2.08. The summed E-state index contributed by atoms with van der Waals surface area (Å²) in [6, 6.07) is 5.37. The maximum Gasteiger partial charge on any atom is 0.241 e. The first-order chi connectivity index (χ1) is 12.1. The number of amides is 1. The van der Waals surface area contributed by atoms with E-state index in [4.69, 9.17) is 9.15 Å². The second-order valence-corrected chi connectivity index (χ2v) is 6.75. The zero-order valence-electron chi connectivity index (χ0n) is 14.9. The van der Waals surface area contributed by atoms with E-state index < -0.39 is 0 Å². The van der Waals surface area contributed by atoms with Gasteiger partial charge < -0.3 is 19.8 Å². The highest BCUT2D eigenvalue weighted by Crippen LogP contribution is 2.32. The molecule has 134 valence electrons. The summed E-state index contributed by atoms with van der Waals surface area (Å²) >= 11 is 0. The van der Waals surface area contributed by atoms with Crippen LogP contribution in [0.25, 0.3) is 11.3 Å². The number of oxazole rings is 1. The molecule has 1 saturated heterocycles. The minimum absolute atomic E-state index is 0.00729. The number of rotatable bonds is 5. The van der Waals surface area contributed by atoms with Crippen LogP contribution in [-0.2, 0) is 4.79 Å². The number of benzene rings is 1. The van der Waals surface area contributed by atoms with Crippen molar-refractivity contribution in [1.29, 1.82) is 0 Å². The molecule has 0 unspecified atom stereocenters. The van der Waals surface area contributed by atoms with E-state index in [1.165, 1.54) is 6.39 Å². The summed E-state index contributed by atoms with van der Waals surface area (Å²) in [4.78, 5) is 16.7. The first kappa shape index (κ1) is 17.5. The third-order valence-corrected chi connectivity index (χ3v) is 4.81. The summed E-state index contributed by atoms with van der Waals surface area (Å²) in [5, 5.41) is 6.38. The average molecular weight is 343 g/mol. The molecule has 0 spiro atoms. The van der Waals surface area contributed by atoms with Crippen LogP contribution in [0, 0.1) is 11.8 Å². The number of methoxy groups -OCH3 is 1. The van der Waals surface area contributed by atoms with E-state index in [2.05, 4.69) is 29.5 Å². The number of hydrogen-bond donors (Lipinski definition) is 2. The van der Waals surface area contributed by atoms with Crippen LogP contribution in [0.2, 0.25) is 0 Å². The Morgan fingerprint density at radius 2 is 2.28 bits per heavy atom. The van der Waals surface area contributed by atoms with Crippen molar-refractivity contribution in [3.05, 3.63) is 30.8 Å². The Labute approximate surface area is 148 Å². The van der Waals surface area contributed by atoms with Crippen molar-refractivity contribution in [3.8, 4) is 17.1 Å². The number of piperidine rings is 1. The van der Waals surface area contributed by atoms with Crippen LogP contribution in [0.4, 0.5) is 5.69 Å². The van der Waals surface area contributed by atoms with Gasteiger partial charge in [-0.25, -0.2) is 4.98 Å². The van der Waals surface area contributed by atoms with E-state index in [1.807, 2.05) is 18.2 Å². The number of anilines is 1. The molecule has 1 aliphatic rings. The molecule has 1 aliphatic heterocycles. The molecule has 0 radical (unpaired) electrons. The van der Waals surface area contributed by atoms with Crippen molar-refractivity contribution in [3.63, 3.8) is 0 Å². The number of aromatic nitrogens is 1. The molecule has 1 amide bonds. The fraction of sp³-hybridized carbons (Fsp3) is 0.474. The van der Waals surface area contributed by atoms with Crippen LogP contribution in [0.3, 0.4) is 0 Å². The van der Waals surface area contributed by atoms with E-state index in [0.29, 0.717) is 29.0 Å². The fourth-order valence-electron chi connectivity index (χ4n) is 3.46. The van der Waals surface area contributed by atoms with Crippen LogP contribution in [0.5, 0.6) is 5.75 Å². The molecule has 6 heteroatoms. The van der Waals surface area contributed by atoms with Gasteiger partial charge in [-0.15, -0.1) is 0 Å². The Hall–Kier alpha value is -2.34. The predicted molar refractivity (Wildman–Crippen MR) is 96.5 cm³/mol. The maximum atomic E-state index is 12.8. The first-order valence-electron chi connectivity index (χ1n) is 8.71. The van der Waals surface area contributed by atoms with E-state index in [-0.39, 0.29) is 11.9 Å². The molecular formula is C19H25N3O3. The summed E-state index contributed by atoms with van der Waals surface area (Å²) in [6.45, 7) is 5.23. The zero-order chi connectivity index (χ0) is 17.8. The molecule has 0 aliphatic carbocycles. The molecular weight excluding hydrogens is 318 g/mol. The van der Waals surface area contributed by atoms with E-state index in [9.17, 15) is 4.79 Å².